The third-order valence-corrected chi connectivity index (χ3v) is 11.8. The number of carboxylic acid groups (broad SMARTS) is 1. The van der Waals surface area contributed by atoms with Crippen molar-refractivity contribution in [2.45, 2.75) is 70.6 Å². The number of anilines is 1. The highest BCUT2D eigenvalue weighted by Crippen LogP contribution is 2.41. The zero-order valence-corrected chi connectivity index (χ0v) is 30.7. The summed E-state index contributed by atoms with van der Waals surface area (Å²) in [4.78, 5) is 46.1. The van der Waals surface area contributed by atoms with Crippen LogP contribution in [0.3, 0.4) is 0 Å². The second kappa shape index (κ2) is 14.1. The number of aryl methyl sites for hydroxylation is 1. The Bertz CT molecular complexity index is 2410. The molecule has 13 nitrogen and oxygen atoms in total. The molecule has 3 aromatic carbocycles. The summed E-state index contributed by atoms with van der Waals surface area (Å²) >= 11 is 0. The molecular weight excluding hydrogens is 697 g/mol. The number of aliphatic carboxylic acids is 1. The first-order valence-electron chi connectivity index (χ1n) is 19.2. The van der Waals surface area contributed by atoms with E-state index >= 15 is 0 Å². The van der Waals surface area contributed by atoms with Crippen LogP contribution in [0.2, 0.25) is 0 Å². The molecule has 0 saturated carbocycles. The standard InChI is InChI=1S/C42H42N8O5/c1-24-29(5-2-6-30(24)40-46-34-18-25(17-27(20-43)39(34)55-40)22-48-15-12-26(23-48)42(53)54)31-7-3-9-36-32(31)13-16-49(36)41(52)35-19-37-33(8-4-14-50(37)47-35)44-21-28-10-11-38(51)45-28/h2-3,5-7,9,17-19,26,28,33,44H,4,8,10-16,21-23H2,1H3,(H,45,51)(H,53,54)/t26-,28-,33?/m1/s1. The number of nitriles is 1. The molecule has 3 N–H and O–H groups in total. The Labute approximate surface area is 317 Å². The third-order valence-electron chi connectivity index (χ3n) is 11.8. The lowest BCUT2D eigenvalue weighted by Gasteiger charge is -2.25. The lowest BCUT2D eigenvalue weighted by Crippen LogP contribution is -2.38. The number of carbonyl (C=O) groups is 3. The van der Waals surface area contributed by atoms with E-state index in [1.807, 2.05) is 59.0 Å². The van der Waals surface area contributed by atoms with Gasteiger partial charge in [0.1, 0.15) is 11.6 Å². The first-order chi connectivity index (χ1) is 26.7. The fourth-order valence-electron chi connectivity index (χ4n) is 8.92. The van der Waals surface area contributed by atoms with Crippen molar-refractivity contribution in [3.63, 3.8) is 0 Å². The Morgan fingerprint density at radius 3 is 2.67 bits per heavy atom. The van der Waals surface area contributed by atoms with Gasteiger partial charge in [0.2, 0.25) is 11.8 Å². The Hall–Kier alpha value is -5.84. The second-order valence-electron chi connectivity index (χ2n) is 15.3. The largest absolute Gasteiger partial charge is 0.481 e. The summed E-state index contributed by atoms with van der Waals surface area (Å²) in [6, 6.07) is 20.3. The van der Waals surface area contributed by atoms with Gasteiger partial charge in [0, 0.05) is 62.5 Å². The normalized spacial score (nSPS) is 20.8. The number of benzene rings is 3. The predicted octanol–water partition coefficient (Wildman–Crippen LogP) is 5.35. The fourth-order valence-corrected chi connectivity index (χ4v) is 8.92. The van der Waals surface area contributed by atoms with E-state index in [1.54, 1.807) is 0 Å². The number of aromatic nitrogens is 3. The van der Waals surface area contributed by atoms with E-state index in [4.69, 9.17) is 14.5 Å². The number of nitrogens with one attached hydrogen (secondary N) is 2. The van der Waals surface area contributed by atoms with Gasteiger partial charge in [0.25, 0.3) is 5.91 Å². The van der Waals surface area contributed by atoms with Crippen LogP contribution in [0.5, 0.6) is 0 Å². The molecule has 3 atom stereocenters. The van der Waals surface area contributed by atoms with Gasteiger partial charge in [-0.25, -0.2) is 4.98 Å². The van der Waals surface area contributed by atoms with Crippen molar-refractivity contribution in [2.24, 2.45) is 5.92 Å². The molecule has 9 rings (SSSR count). The van der Waals surface area contributed by atoms with E-state index in [-0.39, 0.29) is 29.8 Å². The predicted molar refractivity (Wildman–Crippen MR) is 204 cm³/mol. The maximum atomic E-state index is 14.1. The maximum absolute atomic E-state index is 14.1. The van der Waals surface area contributed by atoms with E-state index in [9.17, 15) is 24.8 Å². The summed E-state index contributed by atoms with van der Waals surface area (Å²) < 4.78 is 8.25. The molecule has 2 saturated heterocycles. The SMILES string of the molecule is Cc1c(-c2nc3cc(CN4CC[C@@H](C(=O)O)C4)cc(C#N)c3o2)cccc1-c1cccc2c1CCN2C(=O)c1cc2n(n1)CCCC2NC[C@H]1CCC(=O)N1. The molecule has 5 aromatic rings. The molecule has 4 aliphatic rings. The van der Waals surface area contributed by atoms with Gasteiger partial charge in [-0.2, -0.15) is 10.4 Å². The van der Waals surface area contributed by atoms with Gasteiger partial charge in [-0.05, 0) is 104 Å². The van der Waals surface area contributed by atoms with Crippen molar-refractivity contribution in [2.75, 3.05) is 31.1 Å². The minimum Gasteiger partial charge on any atom is -0.481 e. The Morgan fingerprint density at radius 1 is 1.04 bits per heavy atom. The number of carboxylic acids is 1. The molecule has 2 fully saturated rings. The van der Waals surface area contributed by atoms with Gasteiger partial charge < -0.3 is 25.1 Å². The van der Waals surface area contributed by atoms with Gasteiger partial charge in [0.05, 0.1) is 17.2 Å². The molecule has 0 bridgehead atoms. The Kier molecular flexibility index (Phi) is 8.95. The number of hydrogen-bond acceptors (Lipinski definition) is 9. The number of fused-ring (bicyclic) bond motifs is 3. The van der Waals surface area contributed by atoms with Crippen LogP contribution < -0.4 is 15.5 Å². The van der Waals surface area contributed by atoms with Crippen LogP contribution in [0.25, 0.3) is 33.7 Å². The molecule has 0 spiro atoms. The van der Waals surface area contributed by atoms with E-state index in [1.165, 1.54) is 0 Å². The van der Waals surface area contributed by atoms with E-state index in [0.29, 0.717) is 80.2 Å². The van der Waals surface area contributed by atoms with Crippen LogP contribution in [0.4, 0.5) is 5.69 Å². The molecule has 0 radical (unpaired) electrons. The summed E-state index contributed by atoms with van der Waals surface area (Å²) in [7, 11) is 0. The van der Waals surface area contributed by atoms with Crippen molar-refractivity contribution < 1.29 is 23.9 Å². The van der Waals surface area contributed by atoms with E-state index in [2.05, 4.69) is 33.7 Å². The average Bonchev–Trinajstić information content (AvgIpc) is 4.03. The van der Waals surface area contributed by atoms with Gasteiger partial charge in [-0.1, -0.05) is 24.3 Å². The number of oxazole rings is 1. The molecule has 1 unspecified atom stereocenters. The quantitative estimate of drug-likeness (QED) is 0.179. The van der Waals surface area contributed by atoms with Crippen LogP contribution in [-0.2, 0) is 29.1 Å². The zero-order chi connectivity index (χ0) is 37.8. The number of carbonyl (C=O) groups excluding carboxylic acids is 2. The number of likely N-dealkylation sites (tertiary alicyclic amines) is 1. The Morgan fingerprint density at radius 2 is 1.87 bits per heavy atom. The summed E-state index contributed by atoms with van der Waals surface area (Å²) in [5, 5.41) is 30.9. The average molecular weight is 739 g/mol. The van der Waals surface area contributed by atoms with Crippen LogP contribution in [0.1, 0.15) is 76.6 Å². The Balaban J connectivity index is 0.965. The minimum atomic E-state index is -0.774. The topological polar surface area (TPSA) is 170 Å². The van der Waals surface area contributed by atoms with Gasteiger partial charge >= 0.3 is 5.97 Å². The van der Waals surface area contributed by atoms with E-state index in [0.717, 1.165) is 70.6 Å². The highest BCUT2D eigenvalue weighted by molar-refractivity contribution is 6.07. The van der Waals surface area contributed by atoms with Crippen LogP contribution in [0, 0.1) is 24.2 Å². The third kappa shape index (κ3) is 6.45. The number of hydrogen-bond donors (Lipinski definition) is 3. The van der Waals surface area contributed by atoms with Gasteiger partial charge in [0.15, 0.2) is 11.3 Å². The summed E-state index contributed by atoms with van der Waals surface area (Å²) in [5.41, 5.74) is 9.57. The monoisotopic (exact) mass is 738 g/mol. The molecule has 2 amide bonds. The van der Waals surface area contributed by atoms with Crippen LogP contribution >= 0.6 is 0 Å². The van der Waals surface area contributed by atoms with Crippen LogP contribution in [-0.4, -0.2) is 74.8 Å². The summed E-state index contributed by atoms with van der Waals surface area (Å²) in [6.45, 7) is 5.76. The lowest BCUT2D eigenvalue weighted by molar-refractivity contribution is -0.141. The molecular formula is C42H42N8O5. The lowest BCUT2D eigenvalue weighted by atomic mass is 9.92. The van der Waals surface area contributed by atoms with E-state index < -0.39 is 5.97 Å². The van der Waals surface area contributed by atoms with Crippen molar-refractivity contribution in [1.29, 1.82) is 5.26 Å². The molecule has 0 aliphatic carbocycles. The summed E-state index contributed by atoms with van der Waals surface area (Å²) in [6.07, 6.45) is 4.63. The minimum absolute atomic E-state index is 0.0753. The molecule has 6 heterocycles. The second-order valence-corrected chi connectivity index (χ2v) is 15.3. The van der Waals surface area contributed by atoms with Crippen LogP contribution in [0.15, 0.2) is 59.0 Å². The van der Waals surface area contributed by atoms with Gasteiger partial charge in [-0.3, -0.25) is 24.0 Å². The van der Waals surface area contributed by atoms with Gasteiger partial charge in [-0.15, -0.1) is 0 Å². The number of rotatable bonds is 9. The maximum Gasteiger partial charge on any atom is 0.307 e. The van der Waals surface area contributed by atoms with Crippen molar-refractivity contribution in [3.8, 4) is 28.7 Å². The molecule has 2 aromatic heterocycles. The highest BCUT2D eigenvalue weighted by atomic mass is 16.4. The highest BCUT2D eigenvalue weighted by Gasteiger charge is 2.33. The van der Waals surface area contributed by atoms with Crippen molar-refractivity contribution >= 4 is 34.6 Å². The number of nitrogens with zero attached hydrogens (tertiary/aromatic N) is 6. The first kappa shape index (κ1) is 34.9. The van der Waals surface area contributed by atoms with Crippen molar-refractivity contribution in [1.82, 2.24) is 30.3 Å². The molecule has 13 heteroatoms. The molecule has 55 heavy (non-hydrogen) atoms. The smallest absolute Gasteiger partial charge is 0.307 e. The first-order valence-corrected chi connectivity index (χ1v) is 19.2. The summed E-state index contributed by atoms with van der Waals surface area (Å²) in [5.74, 6) is -0.739. The van der Waals surface area contributed by atoms with Crippen molar-refractivity contribution in [3.05, 3.63) is 88.2 Å². The fraction of sp³-hybridized carbons (Fsp3) is 0.381. The molecule has 280 valence electrons. The number of amides is 2. The molecule has 4 aliphatic heterocycles. The zero-order valence-electron chi connectivity index (χ0n) is 30.7.